The zero-order chi connectivity index (χ0) is 21.5. The lowest BCUT2D eigenvalue weighted by molar-refractivity contribution is 0.0358. The summed E-state index contributed by atoms with van der Waals surface area (Å²) >= 11 is 1.83. The molecule has 5 heterocycles. The topological polar surface area (TPSA) is 69.7 Å². The molecule has 1 N–H and O–H groups in total. The average Bonchev–Trinajstić information content (AvgIpc) is 3.53. The van der Waals surface area contributed by atoms with Crippen LogP contribution < -0.4 is 5.32 Å². The summed E-state index contributed by atoms with van der Waals surface area (Å²) in [7, 11) is 2.18. The number of benzene rings is 1. The van der Waals surface area contributed by atoms with Gasteiger partial charge >= 0.3 is 0 Å². The third kappa shape index (κ3) is 3.65. The van der Waals surface area contributed by atoms with E-state index >= 15 is 0 Å². The van der Waals surface area contributed by atoms with Gasteiger partial charge in [0.2, 0.25) is 5.95 Å². The number of likely N-dealkylation sites (N-methyl/N-ethyl adjacent to an activating group) is 1. The minimum Gasteiger partial charge on any atom is -0.348 e. The molecule has 162 valence electrons. The van der Waals surface area contributed by atoms with E-state index in [9.17, 15) is 0 Å². The maximum absolute atomic E-state index is 6.04. The van der Waals surface area contributed by atoms with Gasteiger partial charge in [-0.25, -0.2) is 9.97 Å². The molecule has 2 fully saturated rings. The van der Waals surface area contributed by atoms with Crippen LogP contribution in [0, 0.1) is 0 Å². The number of hydrogen-bond donors (Lipinski definition) is 1. The van der Waals surface area contributed by atoms with Crippen LogP contribution in [-0.4, -0.2) is 64.6 Å². The van der Waals surface area contributed by atoms with Crippen molar-refractivity contribution in [2.45, 2.75) is 5.72 Å². The average molecular weight is 445 g/mol. The Labute approximate surface area is 190 Å². The Balaban J connectivity index is 1.24. The summed E-state index contributed by atoms with van der Waals surface area (Å²) in [6, 6.07) is 16.3. The highest BCUT2D eigenvalue weighted by Crippen LogP contribution is 2.47. The summed E-state index contributed by atoms with van der Waals surface area (Å²) in [6.45, 7) is 5.04. The van der Waals surface area contributed by atoms with E-state index in [1.54, 1.807) is 12.4 Å². The lowest BCUT2D eigenvalue weighted by atomic mass is 10.1. The second kappa shape index (κ2) is 7.90. The van der Waals surface area contributed by atoms with E-state index in [-0.39, 0.29) is 5.72 Å². The van der Waals surface area contributed by atoms with Crippen LogP contribution in [0.3, 0.4) is 0 Å². The number of piperazine rings is 1. The van der Waals surface area contributed by atoms with Crippen molar-refractivity contribution in [2.75, 3.05) is 45.2 Å². The fraction of sp³-hybridized carbons (Fsp3) is 0.292. The SMILES string of the molecule is CN1CCN(C2(c3cc4cc(Nc5nccc(-c6ccccn6)n5)ccc4s3)CO2)CC1. The number of epoxide rings is 1. The standard InChI is InChI=1S/C24H24N6OS/c1-29-10-12-30(13-11-29)24(16-31-24)22-15-17-14-18(5-6-21(17)32-22)27-23-26-9-7-20(28-23)19-4-2-3-8-25-19/h2-9,14-15H,10-13,16H2,1H3,(H,26,27,28). The number of aromatic nitrogens is 3. The summed E-state index contributed by atoms with van der Waals surface area (Å²) in [5, 5.41) is 4.55. The number of ether oxygens (including phenoxy) is 1. The monoisotopic (exact) mass is 444 g/mol. The lowest BCUT2D eigenvalue weighted by Gasteiger charge is -2.35. The number of thiophene rings is 1. The van der Waals surface area contributed by atoms with Crippen LogP contribution in [-0.2, 0) is 10.5 Å². The molecule has 1 atom stereocenters. The van der Waals surface area contributed by atoms with Crippen molar-refractivity contribution in [2.24, 2.45) is 0 Å². The summed E-state index contributed by atoms with van der Waals surface area (Å²) in [4.78, 5) is 19.6. The first-order valence-electron chi connectivity index (χ1n) is 10.8. The molecular weight excluding hydrogens is 420 g/mol. The van der Waals surface area contributed by atoms with Crippen LogP contribution >= 0.6 is 11.3 Å². The van der Waals surface area contributed by atoms with Crippen LogP contribution in [0.2, 0.25) is 0 Å². The van der Waals surface area contributed by atoms with E-state index in [1.807, 2.05) is 35.6 Å². The molecule has 3 aromatic heterocycles. The molecule has 1 aromatic carbocycles. The Kier molecular flexibility index (Phi) is 4.87. The van der Waals surface area contributed by atoms with Gasteiger partial charge in [0.05, 0.1) is 22.9 Å². The van der Waals surface area contributed by atoms with Gasteiger partial charge in [0.1, 0.15) is 0 Å². The van der Waals surface area contributed by atoms with Crippen molar-refractivity contribution < 1.29 is 4.74 Å². The number of fused-ring (bicyclic) bond motifs is 1. The first-order valence-corrected chi connectivity index (χ1v) is 11.6. The normalized spacial score (nSPS) is 21.7. The van der Waals surface area contributed by atoms with Crippen LogP contribution in [0.15, 0.2) is 60.9 Å². The Hall–Kier alpha value is -2.91. The smallest absolute Gasteiger partial charge is 0.227 e. The Morgan fingerprint density at radius 1 is 0.969 bits per heavy atom. The zero-order valence-electron chi connectivity index (χ0n) is 17.9. The molecule has 2 aliphatic rings. The molecule has 0 saturated carbocycles. The van der Waals surface area contributed by atoms with Crippen molar-refractivity contribution in [3.05, 3.63) is 65.8 Å². The second-order valence-corrected chi connectivity index (χ2v) is 9.42. The van der Waals surface area contributed by atoms with Gasteiger partial charge in [-0.1, -0.05) is 6.07 Å². The van der Waals surface area contributed by atoms with E-state index < -0.39 is 0 Å². The molecule has 0 aliphatic carbocycles. The number of hydrogen-bond acceptors (Lipinski definition) is 8. The maximum Gasteiger partial charge on any atom is 0.227 e. The molecule has 2 saturated heterocycles. The van der Waals surface area contributed by atoms with Crippen LogP contribution in [0.4, 0.5) is 11.6 Å². The van der Waals surface area contributed by atoms with E-state index in [0.717, 1.165) is 49.9 Å². The summed E-state index contributed by atoms with van der Waals surface area (Å²) < 4.78 is 7.31. The highest BCUT2D eigenvalue weighted by Gasteiger charge is 2.53. The molecule has 6 rings (SSSR count). The molecule has 1 unspecified atom stereocenters. The fourth-order valence-corrected chi connectivity index (χ4v) is 5.44. The van der Waals surface area contributed by atoms with Crippen molar-refractivity contribution in [1.82, 2.24) is 24.8 Å². The first-order chi connectivity index (χ1) is 15.7. The third-order valence-corrected chi connectivity index (χ3v) is 7.42. The molecule has 32 heavy (non-hydrogen) atoms. The highest BCUT2D eigenvalue weighted by atomic mass is 32.1. The quantitative estimate of drug-likeness (QED) is 0.468. The summed E-state index contributed by atoms with van der Waals surface area (Å²) in [5.41, 5.74) is 2.36. The molecule has 0 bridgehead atoms. The fourth-order valence-electron chi connectivity index (χ4n) is 4.24. The number of anilines is 2. The van der Waals surface area contributed by atoms with Crippen LogP contribution in [0.25, 0.3) is 21.5 Å². The summed E-state index contributed by atoms with van der Waals surface area (Å²) in [5.74, 6) is 0.558. The second-order valence-electron chi connectivity index (χ2n) is 8.33. The van der Waals surface area contributed by atoms with Gasteiger partial charge in [0.15, 0.2) is 5.72 Å². The van der Waals surface area contributed by atoms with Gasteiger partial charge < -0.3 is 15.0 Å². The molecule has 0 spiro atoms. The minimum absolute atomic E-state index is 0.224. The third-order valence-electron chi connectivity index (χ3n) is 6.17. The van der Waals surface area contributed by atoms with E-state index in [4.69, 9.17) is 4.74 Å². The molecule has 2 aliphatic heterocycles. The lowest BCUT2D eigenvalue weighted by Crippen LogP contribution is -2.49. The Morgan fingerprint density at radius 3 is 2.62 bits per heavy atom. The molecule has 8 heteroatoms. The van der Waals surface area contributed by atoms with Gasteiger partial charge in [-0.15, -0.1) is 11.3 Å². The number of rotatable bonds is 5. The molecule has 0 amide bonds. The van der Waals surface area contributed by atoms with Crippen molar-refractivity contribution in [3.8, 4) is 11.4 Å². The number of pyridine rings is 1. The largest absolute Gasteiger partial charge is 0.348 e. The summed E-state index contributed by atoms with van der Waals surface area (Å²) in [6.07, 6.45) is 3.52. The van der Waals surface area contributed by atoms with Crippen molar-refractivity contribution in [1.29, 1.82) is 0 Å². The molecule has 0 radical (unpaired) electrons. The molecule has 4 aromatic rings. The highest BCUT2D eigenvalue weighted by molar-refractivity contribution is 7.19. The zero-order valence-corrected chi connectivity index (χ0v) is 18.7. The van der Waals surface area contributed by atoms with Gasteiger partial charge in [0.25, 0.3) is 0 Å². The van der Waals surface area contributed by atoms with Gasteiger partial charge in [-0.2, -0.15) is 0 Å². The number of nitrogens with one attached hydrogen (secondary N) is 1. The van der Waals surface area contributed by atoms with Crippen LogP contribution in [0.1, 0.15) is 4.88 Å². The molecule has 7 nitrogen and oxygen atoms in total. The van der Waals surface area contributed by atoms with Gasteiger partial charge in [-0.3, -0.25) is 9.88 Å². The van der Waals surface area contributed by atoms with E-state index in [2.05, 4.69) is 61.4 Å². The number of nitrogens with zero attached hydrogens (tertiary/aromatic N) is 5. The predicted molar refractivity (Wildman–Crippen MR) is 127 cm³/mol. The Bertz CT molecular complexity index is 1250. The first kappa shape index (κ1) is 19.8. The van der Waals surface area contributed by atoms with Gasteiger partial charge in [-0.05, 0) is 54.9 Å². The van der Waals surface area contributed by atoms with E-state index in [0.29, 0.717) is 5.95 Å². The van der Waals surface area contributed by atoms with E-state index in [1.165, 1.54) is 15.0 Å². The Morgan fingerprint density at radius 2 is 1.84 bits per heavy atom. The maximum atomic E-state index is 6.04. The molecular formula is C24H24N6OS. The van der Waals surface area contributed by atoms with Crippen LogP contribution in [0.5, 0.6) is 0 Å². The predicted octanol–water partition coefficient (Wildman–Crippen LogP) is 3.93. The van der Waals surface area contributed by atoms with Gasteiger partial charge in [0, 0.05) is 49.0 Å². The van der Waals surface area contributed by atoms with Crippen molar-refractivity contribution >= 4 is 33.1 Å². The minimum atomic E-state index is -0.224. The van der Waals surface area contributed by atoms with Crippen molar-refractivity contribution in [3.63, 3.8) is 0 Å².